The average molecular weight is 478 g/mol. The Labute approximate surface area is 194 Å². The third-order valence-corrected chi connectivity index (χ3v) is 6.43. The minimum atomic E-state index is -0.867. The van der Waals surface area contributed by atoms with Gasteiger partial charge in [0, 0.05) is 18.8 Å². The Morgan fingerprint density at radius 1 is 1.31 bits per heavy atom. The Kier molecular flexibility index (Phi) is 8.91. The van der Waals surface area contributed by atoms with Gasteiger partial charge >= 0.3 is 0 Å². The van der Waals surface area contributed by atoms with Gasteiger partial charge in [-0.2, -0.15) is 11.8 Å². The van der Waals surface area contributed by atoms with E-state index in [1.807, 2.05) is 55.4 Å². The van der Waals surface area contributed by atoms with Gasteiger partial charge in [-0.05, 0) is 38.4 Å². The van der Waals surface area contributed by atoms with Crippen LogP contribution in [0, 0.1) is 10.1 Å². The van der Waals surface area contributed by atoms with Crippen molar-refractivity contribution in [3.63, 3.8) is 0 Å². The normalized spacial score (nSPS) is 12.9. The van der Waals surface area contributed by atoms with E-state index in [0.717, 1.165) is 46.0 Å². The molecule has 3 aromatic rings. The van der Waals surface area contributed by atoms with E-state index in [1.165, 1.54) is 11.3 Å². The predicted octanol–water partition coefficient (Wildman–Crippen LogP) is 3.17. The molecule has 0 aliphatic carbocycles. The minimum absolute atomic E-state index is 0.112. The lowest BCUT2D eigenvalue weighted by Crippen LogP contribution is -2.31. The molecule has 0 aliphatic rings. The lowest BCUT2D eigenvalue weighted by molar-refractivity contribution is -0.404. The number of thioether (sulfide) groups is 1. The number of hydrogen-bond donors (Lipinski definition) is 3. The maximum absolute atomic E-state index is 10.9. The molecule has 0 amide bonds. The van der Waals surface area contributed by atoms with Crippen molar-refractivity contribution >= 4 is 33.3 Å². The highest BCUT2D eigenvalue weighted by molar-refractivity contribution is 7.98. The summed E-state index contributed by atoms with van der Waals surface area (Å²) >= 11 is 3.08. The van der Waals surface area contributed by atoms with Gasteiger partial charge in [-0.25, -0.2) is 4.98 Å². The van der Waals surface area contributed by atoms with E-state index < -0.39 is 11.0 Å². The number of aliphatic hydroxyl groups is 1. The van der Waals surface area contributed by atoms with Gasteiger partial charge in [0.25, 0.3) is 6.20 Å². The highest BCUT2D eigenvalue weighted by atomic mass is 32.2. The molecule has 172 valence electrons. The second-order valence-electron chi connectivity index (χ2n) is 7.33. The lowest BCUT2D eigenvalue weighted by Gasteiger charge is -2.13. The summed E-state index contributed by atoms with van der Waals surface area (Å²) in [5, 5.41) is 27.9. The zero-order valence-electron chi connectivity index (χ0n) is 18.0. The fourth-order valence-electron chi connectivity index (χ4n) is 2.91. The number of benzene rings is 1. The number of furan rings is 1. The molecule has 0 fully saturated rings. The first-order chi connectivity index (χ1) is 15.4. The summed E-state index contributed by atoms with van der Waals surface area (Å²) in [7, 11) is 3.98. The van der Waals surface area contributed by atoms with Crippen molar-refractivity contribution in [1.82, 2.24) is 20.5 Å². The summed E-state index contributed by atoms with van der Waals surface area (Å²) in [5.41, 5.74) is 0.827. The van der Waals surface area contributed by atoms with E-state index in [2.05, 4.69) is 15.6 Å². The Morgan fingerprint density at radius 3 is 2.84 bits per heavy atom. The minimum Gasteiger partial charge on any atom is -0.464 e. The number of fused-ring (bicyclic) bond motifs is 1. The van der Waals surface area contributed by atoms with Crippen molar-refractivity contribution in [2.45, 2.75) is 18.4 Å². The molecule has 32 heavy (non-hydrogen) atoms. The summed E-state index contributed by atoms with van der Waals surface area (Å²) in [6.07, 6.45) is 0.00420. The Bertz CT molecular complexity index is 1020. The average Bonchev–Trinajstić information content (AvgIpc) is 3.37. The maximum Gasteiger partial charge on any atom is 0.274 e. The second-order valence-corrected chi connectivity index (χ2v) is 9.50. The molecule has 0 spiro atoms. The topological polar surface area (TPSA) is 117 Å². The summed E-state index contributed by atoms with van der Waals surface area (Å²) in [6, 6.07) is 11.6. The number of nitro groups is 1. The SMILES string of the molecule is CN(C)Cc1ccc(CSCCNC(=C[N+](=O)[O-])NCC(O)c2nc3ccccc3s2)o1. The second kappa shape index (κ2) is 11.9. The third-order valence-electron chi connectivity index (χ3n) is 4.31. The van der Waals surface area contributed by atoms with E-state index >= 15 is 0 Å². The van der Waals surface area contributed by atoms with Gasteiger partial charge < -0.3 is 25.1 Å². The molecule has 2 aromatic heterocycles. The van der Waals surface area contributed by atoms with E-state index in [-0.39, 0.29) is 12.4 Å². The first-order valence-corrected chi connectivity index (χ1v) is 12.0. The molecular formula is C21H27N5O4S2. The van der Waals surface area contributed by atoms with Crippen LogP contribution >= 0.6 is 23.1 Å². The van der Waals surface area contributed by atoms with Crippen LogP contribution in [0.25, 0.3) is 10.2 Å². The fourth-order valence-corrected chi connectivity index (χ4v) is 4.61. The van der Waals surface area contributed by atoms with Gasteiger partial charge in [-0.3, -0.25) is 10.1 Å². The van der Waals surface area contributed by atoms with Crippen LogP contribution in [0.5, 0.6) is 0 Å². The number of aromatic nitrogens is 1. The van der Waals surface area contributed by atoms with Crippen LogP contribution in [0.4, 0.5) is 0 Å². The van der Waals surface area contributed by atoms with Gasteiger partial charge in [0.1, 0.15) is 22.6 Å². The van der Waals surface area contributed by atoms with Crippen LogP contribution in [0.1, 0.15) is 22.6 Å². The standard InChI is InChI=1S/C21H27N5O4S2/c1-25(2)12-15-7-8-16(30-15)14-31-10-9-22-20(13-26(28)29)23-11-18(27)21-24-17-5-3-4-6-19(17)32-21/h3-8,13,18,22-23,27H,9-12,14H2,1-2H3. The molecule has 0 saturated heterocycles. The molecule has 1 atom stereocenters. The van der Waals surface area contributed by atoms with Gasteiger partial charge in [0.15, 0.2) is 5.82 Å². The van der Waals surface area contributed by atoms with Gasteiger partial charge in [0.05, 0.1) is 27.4 Å². The quantitative estimate of drug-likeness (QED) is 0.194. The fraction of sp³-hybridized carbons (Fsp3) is 0.381. The van der Waals surface area contributed by atoms with Gasteiger partial charge in [-0.15, -0.1) is 11.3 Å². The molecule has 3 N–H and O–H groups in total. The van der Waals surface area contributed by atoms with Crippen LogP contribution in [0.3, 0.4) is 0 Å². The first kappa shape index (κ1) is 24.1. The van der Waals surface area contributed by atoms with E-state index in [9.17, 15) is 15.2 Å². The molecular weight excluding hydrogens is 450 g/mol. The molecule has 9 nitrogen and oxygen atoms in total. The highest BCUT2D eigenvalue weighted by Crippen LogP contribution is 2.26. The van der Waals surface area contributed by atoms with Crippen molar-refractivity contribution in [2.75, 3.05) is 32.9 Å². The van der Waals surface area contributed by atoms with Crippen LogP contribution in [0.15, 0.2) is 52.8 Å². The van der Waals surface area contributed by atoms with Gasteiger partial charge in [0.2, 0.25) is 0 Å². The molecule has 1 unspecified atom stereocenters. The molecule has 0 saturated carbocycles. The monoisotopic (exact) mass is 477 g/mol. The molecule has 0 bridgehead atoms. The molecule has 11 heteroatoms. The van der Waals surface area contributed by atoms with Crippen molar-refractivity contribution in [2.24, 2.45) is 0 Å². The Morgan fingerprint density at radius 2 is 2.09 bits per heavy atom. The largest absolute Gasteiger partial charge is 0.464 e. The third kappa shape index (κ3) is 7.52. The molecule has 0 radical (unpaired) electrons. The molecule has 2 heterocycles. The number of thiazole rings is 1. The number of para-hydroxylation sites is 1. The van der Waals surface area contributed by atoms with Crippen molar-refractivity contribution in [3.8, 4) is 0 Å². The number of hydrogen-bond acceptors (Lipinski definition) is 10. The summed E-state index contributed by atoms with van der Waals surface area (Å²) in [4.78, 5) is 16.9. The summed E-state index contributed by atoms with van der Waals surface area (Å²) < 4.78 is 6.76. The van der Waals surface area contributed by atoms with Crippen LogP contribution < -0.4 is 10.6 Å². The molecule has 1 aromatic carbocycles. The van der Waals surface area contributed by atoms with E-state index in [1.54, 1.807) is 11.8 Å². The number of rotatable bonds is 13. The zero-order valence-corrected chi connectivity index (χ0v) is 19.6. The number of nitrogens with zero attached hydrogens (tertiary/aromatic N) is 3. The maximum atomic E-state index is 10.9. The molecule has 0 aliphatic heterocycles. The predicted molar refractivity (Wildman–Crippen MR) is 128 cm³/mol. The van der Waals surface area contributed by atoms with Crippen molar-refractivity contribution in [1.29, 1.82) is 0 Å². The Balaban J connectivity index is 1.42. The highest BCUT2D eigenvalue weighted by Gasteiger charge is 2.14. The number of aliphatic hydroxyl groups excluding tert-OH is 1. The zero-order chi connectivity index (χ0) is 22.9. The van der Waals surface area contributed by atoms with E-state index in [0.29, 0.717) is 11.6 Å². The van der Waals surface area contributed by atoms with Crippen molar-refractivity contribution in [3.05, 3.63) is 75.1 Å². The van der Waals surface area contributed by atoms with Crippen LogP contribution in [0.2, 0.25) is 0 Å². The van der Waals surface area contributed by atoms with Crippen molar-refractivity contribution < 1.29 is 14.4 Å². The van der Waals surface area contributed by atoms with Crippen LogP contribution in [-0.2, 0) is 12.3 Å². The van der Waals surface area contributed by atoms with Gasteiger partial charge in [-0.1, -0.05) is 12.1 Å². The van der Waals surface area contributed by atoms with Crippen LogP contribution in [-0.4, -0.2) is 52.9 Å². The summed E-state index contributed by atoms with van der Waals surface area (Å²) in [6.45, 7) is 1.40. The van der Waals surface area contributed by atoms with E-state index in [4.69, 9.17) is 4.42 Å². The Hall–Kier alpha value is -2.60. The smallest absolute Gasteiger partial charge is 0.274 e. The molecule has 3 rings (SSSR count). The summed E-state index contributed by atoms with van der Waals surface area (Å²) in [5.74, 6) is 3.55. The lowest BCUT2D eigenvalue weighted by atomic mass is 10.3. The number of nitrogens with one attached hydrogen (secondary N) is 2. The first-order valence-electron chi connectivity index (χ1n) is 10.1.